The number of hydrogen-bond donors (Lipinski definition) is 1. The molecule has 0 saturated heterocycles. The molecule has 6 heteroatoms. The second-order valence-electron chi connectivity index (χ2n) is 3.29. The number of halogens is 1. The van der Waals surface area contributed by atoms with Crippen LogP contribution in [-0.4, -0.2) is 16.7 Å². The maximum absolute atomic E-state index is 5.80. The van der Waals surface area contributed by atoms with E-state index in [1.807, 2.05) is 0 Å². The molecule has 0 amide bonds. The highest BCUT2D eigenvalue weighted by Gasteiger charge is 2.13. The van der Waals surface area contributed by atoms with Gasteiger partial charge >= 0.3 is 0 Å². The van der Waals surface area contributed by atoms with Crippen LogP contribution in [0.5, 0.6) is 0 Å². The lowest BCUT2D eigenvalue weighted by atomic mass is 10.3. The molecule has 16 heavy (non-hydrogen) atoms. The van der Waals surface area contributed by atoms with E-state index < -0.39 is 0 Å². The second-order valence-corrected chi connectivity index (χ2v) is 3.63. The molecule has 2 aromatic heterocycles. The molecule has 0 aliphatic heterocycles. The van der Waals surface area contributed by atoms with Crippen LogP contribution in [0.1, 0.15) is 19.2 Å². The molecule has 0 aliphatic rings. The molecule has 0 spiro atoms. The molecule has 0 saturated carbocycles. The molecule has 86 valence electrons. The van der Waals surface area contributed by atoms with E-state index in [0.717, 1.165) is 13.0 Å². The molecule has 0 atom stereocenters. The van der Waals surface area contributed by atoms with E-state index in [0.29, 0.717) is 23.9 Å². The van der Waals surface area contributed by atoms with Crippen molar-refractivity contribution in [1.29, 1.82) is 0 Å². The molecule has 2 rings (SSSR count). The predicted molar refractivity (Wildman–Crippen MR) is 59.0 cm³/mol. The van der Waals surface area contributed by atoms with Gasteiger partial charge in [0.15, 0.2) is 0 Å². The van der Waals surface area contributed by atoms with E-state index >= 15 is 0 Å². The van der Waals surface area contributed by atoms with Crippen molar-refractivity contribution in [3.63, 3.8) is 0 Å². The zero-order valence-corrected chi connectivity index (χ0v) is 9.62. The summed E-state index contributed by atoms with van der Waals surface area (Å²) in [6, 6.07) is 1.69. The largest absolute Gasteiger partial charge is 0.452 e. The quantitative estimate of drug-likeness (QED) is 0.815. The van der Waals surface area contributed by atoms with Gasteiger partial charge in [-0.25, -0.2) is 0 Å². The van der Waals surface area contributed by atoms with Crippen LogP contribution in [0.4, 0.5) is 0 Å². The van der Waals surface area contributed by atoms with E-state index in [1.165, 1.54) is 6.26 Å². The highest BCUT2D eigenvalue weighted by molar-refractivity contribution is 6.31. The molecule has 2 heterocycles. The molecular weight excluding hydrogens is 230 g/mol. The van der Waals surface area contributed by atoms with Gasteiger partial charge < -0.3 is 14.2 Å². The van der Waals surface area contributed by atoms with Crippen molar-refractivity contribution in [3.05, 3.63) is 23.4 Å². The van der Waals surface area contributed by atoms with Gasteiger partial charge in [-0.15, -0.1) is 10.2 Å². The van der Waals surface area contributed by atoms with Crippen molar-refractivity contribution in [3.8, 4) is 11.5 Å². The first kappa shape index (κ1) is 11.2. The molecule has 0 unspecified atom stereocenters. The minimum atomic E-state index is 0.261. The van der Waals surface area contributed by atoms with Crippen molar-refractivity contribution in [2.75, 3.05) is 6.54 Å². The van der Waals surface area contributed by atoms with Crippen molar-refractivity contribution in [2.45, 2.75) is 19.9 Å². The third-order valence-electron chi connectivity index (χ3n) is 2.02. The monoisotopic (exact) mass is 241 g/mol. The molecule has 0 aliphatic carbocycles. The average molecular weight is 242 g/mol. The lowest BCUT2D eigenvalue weighted by Crippen LogP contribution is -2.13. The normalized spacial score (nSPS) is 10.9. The van der Waals surface area contributed by atoms with Gasteiger partial charge in [0.25, 0.3) is 5.89 Å². The van der Waals surface area contributed by atoms with Gasteiger partial charge in [0, 0.05) is 0 Å². The molecule has 0 fully saturated rings. The van der Waals surface area contributed by atoms with Crippen molar-refractivity contribution >= 4 is 11.6 Å². The molecule has 1 N–H and O–H groups in total. The zero-order valence-electron chi connectivity index (χ0n) is 8.86. The van der Waals surface area contributed by atoms with Gasteiger partial charge in [0.2, 0.25) is 11.1 Å². The summed E-state index contributed by atoms with van der Waals surface area (Å²) in [5, 5.41) is 11.2. The van der Waals surface area contributed by atoms with Gasteiger partial charge in [-0.05, 0) is 30.6 Å². The standard InChI is InChI=1S/C10H12ClN3O2/c1-2-4-12-6-8-13-14-10(16-8)7-3-5-15-9(7)11/h3,5,12H,2,4,6H2,1H3. The highest BCUT2D eigenvalue weighted by atomic mass is 35.5. The Hall–Kier alpha value is -1.33. The van der Waals surface area contributed by atoms with Crippen LogP contribution in [0.15, 0.2) is 21.2 Å². The Balaban J connectivity index is 2.05. The van der Waals surface area contributed by atoms with E-state index in [2.05, 4.69) is 22.4 Å². The van der Waals surface area contributed by atoms with Gasteiger partial charge in [0.05, 0.1) is 18.4 Å². The summed E-state index contributed by atoms with van der Waals surface area (Å²) in [6.45, 7) is 3.58. The maximum atomic E-state index is 5.80. The van der Waals surface area contributed by atoms with Crippen LogP contribution in [0.2, 0.25) is 5.22 Å². The fraction of sp³-hybridized carbons (Fsp3) is 0.400. The van der Waals surface area contributed by atoms with Crippen LogP contribution < -0.4 is 5.32 Å². The Morgan fingerprint density at radius 2 is 2.31 bits per heavy atom. The first-order valence-corrected chi connectivity index (χ1v) is 5.45. The van der Waals surface area contributed by atoms with Gasteiger partial charge in [-0.1, -0.05) is 6.92 Å². The number of aromatic nitrogens is 2. The fourth-order valence-corrected chi connectivity index (χ4v) is 1.45. The molecule has 0 aromatic carbocycles. The number of rotatable bonds is 5. The van der Waals surface area contributed by atoms with Crippen molar-refractivity contribution in [1.82, 2.24) is 15.5 Å². The highest BCUT2D eigenvalue weighted by Crippen LogP contribution is 2.27. The van der Waals surface area contributed by atoms with Crippen LogP contribution >= 0.6 is 11.6 Å². The number of nitrogens with zero attached hydrogens (tertiary/aromatic N) is 2. The third kappa shape index (κ3) is 2.43. The number of furan rings is 1. The Bertz CT molecular complexity index is 452. The zero-order chi connectivity index (χ0) is 11.4. The summed E-state index contributed by atoms with van der Waals surface area (Å²) < 4.78 is 10.4. The minimum absolute atomic E-state index is 0.261. The first-order valence-electron chi connectivity index (χ1n) is 5.07. The summed E-state index contributed by atoms with van der Waals surface area (Å²) in [6.07, 6.45) is 2.55. The molecule has 5 nitrogen and oxygen atoms in total. The molecular formula is C10H12ClN3O2. The van der Waals surface area contributed by atoms with E-state index in [4.69, 9.17) is 20.4 Å². The smallest absolute Gasteiger partial charge is 0.252 e. The fourth-order valence-electron chi connectivity index (χ4n) is 1.25. The first-order chi connectivity index (χ1) is 7.81. The Kier molecular flexibility index (Phi) is 3.58. The Morgan fingerprint density at radius 3 is 3.00 bits per heavy atom. The predicted octanol–water partition coefficient (Wildman–Crippen LogP) is 2.48. The summed E-state index contributed by atoms with van der Waals surface area (Å²) in [5.41, 5.74) is 0.621. The van der Waals surface area contributed by atoms with Gasteiger partial charge in [-0.2, -0.15) is 0 Å². The molecule has 0 bridgehead atoms. The number of nitrogens with one attached hydrogen (secondary N) is 1. The summed E-state index contributed by atoms with van der Waals surface area (Å²) in [5.74, 6) is 0.924. The van der Waals surface area contributed by atoms with E-state index in [9.17, 15) is 0 Å². The maximum Gasteiger partial charge on any atom is 0.252 e. The third-order valence-corrected chi connectivity index (χ3v) is 2.31. The lowest BCUT2D eigenvalue weighted by Gasteiger charge is -1.96. The van der Waals surface area contributed by atoms with Gasteiger partial charge in [0.1, 0.15) is 0 Å². The summed E-state index contributed by atoms with van der Waals surface area (Å²) in [7, 11) is 0. The van der Waals surface area contributed by atoms with Crippen LogP contribution in [-0.2, 0) is 6.54 Å². The van der Waals surface area contributed by atoms with Crippen LogP contribution in [0.25, 0.3) is 11.5 Å². The second kappa shape index (κ2) is 5.14. The topological polar surface area (TPSA) is 64.1 Å². The summed E-state index contributed by atoms with van der Waals surface area (Å²) in [4.78, 5) is 0. The molecule has 0 radical (unpaired) electrons. The SMILES string of the molecule is CCCNCc1nnc(-c2ccoc2Cl)o1. The van der Waals surface area contributed by atoms with E-state index in [1.54, 1.807) is 6.07 Å². The van der Waals surface area contributed by atoms with E-state index in [-0.39, 0.29) is 5.22 Å². The molecule has 2 aromatic rings. The van der Waals surface area contributed by atoms with Crippen molar-refractivity contribution in [2.24, 2.45) is 0 Å². The Labute approximate surface area is 97.8 Å². The van der Waals surface area contributed by atoms with Crippen LogP contribution in [0.3, 0.4) is 0 Å². The summed E-state index contributed by atoms with van der Waals surface area (Å²) >= 11 is 5.80. The van der Waals surface area contributed by atoms with Gasteiger partial charge in [-0.3, -0.25) is 0 Å². The Morgan fingerprint density at radius 1 is 1.44 bits per heavy atom. The van der Waals surface area contributed by atoms with Crippen molar-refractivity contribution < 1.29 is 8.83 Å². The average Bonchev–Trinajstić information content (AvgIpc) is 2.87. The minimum Gasteiger partial charge on any atom is -0.452 e. The lowest BCUT2D eigenvalue weighted by molar-refractivity contribution is 0.476. The van der Waals surface area contributed by atoms with Crippen LogP contribution in [0, 0.1) is 0 Å². The number of hydrogen-bond acceptors (Lipinski definition) is 5.